The fraction of sp³-hybridized carbons (Fsp3) is 0.800. The molecule has 0 bridgehead atoms. The fourth-order valence-electron chi connectivity index (χ4n) is 1.27. The van der Waals surface area contributed by atoms with Crippen molar-refractivity contribution in [1.82, 2.24) is 0 Å². The van der Waals surface area contributed by atoms with Crippen LogP contribution in [0.2, 0.25) is 5.54 Å². The van der Waals surface area contributed by atoms with Crippen molar-refractivity contribution < 1.29 is 8.85 Å². The van der Waals surface area contributed by atoms with Gasteiger partial charge in [-0.05, 0) is 24.8 Å². The van der Waals surface area contributed by atoms with E-state index < -0.39 is 9.28 Å². The minimum absolute atomic E-state index is 0.501. The predicted octanol–water partition coefficient (Wildman–Crippen LogP) is 2.86. The maximum Gasteiger partial charge on any atom is 0.460 e. The molecule has 0 saturated heterocycles. The van der Waals surface area contributed by atoms with E-state index in [2.05, 4.69) is 19.9 Å². The normalized spacial score (nSPS) is 18.5. The highest BCUT2D eigenvalue weighted by atomic mass is 28.3. The lowest BCUT2D eigenvalue weighted by atomic mass is 9.86. The lowest BCUT2D eigenvalue weighted by molar-refractivity contribution is 0.291. The molecular weight excluding hydrogens is 180 g/mol. The van der Waals surface area contributed by atoms with Crippen LogP contribution in [0.25, 0.3) is 0 Å². The smallest absolute Gasteiger partial charge is 0.460 e. The van der Waals surface area contributed by atoms with Crippen LogP contribution in [0.1, 0.15) is 33.1 Å². The monoisotopic (exact) mass is 199 g/mol. The highest BCUT2D eigenvalue weighted by molar-refractivity contribution is 6.46. The largest absolute Gasteiger partial charge is 0.525 e. The molecule has 1 fully saturated rings. The van der Waals surface area contributed by atoms with Gasteiger partial charge in [0.25, 0.3) is 0 Å². The molecule has 1 aliphatic carbocycles. The van der Waals surface area contributed by atoms with Crippen LogP contribution in [-0.4, -0.2) is 16.4 Å². The van der Waals surface area contributed by atoms with Crippen molar-refractivity contribution in [3.05, 3.63) is 12.3 Å². The third kappa shape index (κ3) is 3.52. The van der Waals surface area contributed by atoms with Crippen molar-refractivity contribution in [2.24, 2.45) is 5.92 Å². The van der Waals surface area contributed by atoms with Crippen LogP contribution < -0.4 is 0 Å². The van der Waals surface area contributed by atoms with Crippen molar-refractivity contribution in [3.8, 4) is 0 Å². The Morgan fingerprint density at radius 1 is 1.38 bits per heavy atom. The Hall–Kier alpha value is -0.283. The lowest BCUT2D eigenvalue weighted by Gasteiger charge is -2.21. The van der Waals surface area contributed by atoms with Gasteiger partial charge in [0, 0.05) is 12.7 Å². The number of hydrogen-bond donors (Lipinski definition) is 0. The third-order valence-electron chi connectivity index (χ3n) is 2.36. The average molecular weight is 199 g/mol. The molecule has 13 heavy (non-hydrogen) atoms. The maximum atomic E-state index is 5.56. The summed E-state index contributed by atoms with van der Waals surface area (Å²) in [6.45, 7) is 4.27. The van der Waals surface area contributed by atoms with Crippen molar-refractivity contribution in [1.29, 1.82) is 0 Å². The molecule has 3 heteroatoms. The molecule has 0 aromatic rings. The van der Waals surface area contributed by atoms with Crippen LogP contribution >= 0.6 is 0 Å². The zero-order valence-electron chi connectivity index (χ0n) is 8.75. The second-order valence-corrected chi connectivity index (χ2v) is 6.25. The molecule has 75 valence electrons. The summed E-state index contributed by atoms with van der Waals surface area (Å²) in [4.78, 5) is 0. The summed E-state index contributed by atoms with van der Waals surface area (Å²) < 4.78 is 10.8. The van der Waals surface area contributed by atoms with Gasteiger partial charge in [0.15, 0.2) is 0 Å². The number of rotatable bonds is 5. The van der Waals surface area contributed by atoms with Gasteiger partial charge >= 0.3 is 9.28 Å². The van der Waals surface area contributed by atoms with E-state index in [1.165, 1.54) is 19.3 Å². The molecule has 2 nitrogen and oxygen atoms in total. The van der Waals surface area contributed by atoms with Crippen molar-refractivity contribution in [3.63, 3.8) is 0 Å². The van der Waals surface area contributed by atoms with E-state index in [1.807, 2.05) is 6.26 Å². The molecule has 0 aliphatic heterocycles. The SMILES string of the molecule is CO[Si](OC=CC1CCC1)C(C)C. The molecule has 0 N–H and O–H groups in total. The molecule has 0 atom stereocenters. The third-order valence-corrected chi connectivity index (χ3v) is 4.07. The summed E-state index contributed by atoms with van der Waals surface area (Å²) in [5.74, 6) is 0.771. The highest BCUT2D eigenvalue weighted by Gasteiger charge is 2.20. The highest BCUT2D eigenvalue weighted by Crippen LogP contribution is 2.27. The first-order chi connectivity index (χ1) is 6.24. The lowest BCUT2D eigenvalue weighted by Crippen LogP contribution is -2.22. The second kappa shape index (κ2) is 5.45. The molecule has 0 amide bonds. The second-order valence-electron chi connectivity index (χ2n) is 3.82. The van der Waals surface area contributed by atoms with Gasteiger partial charge in [-0.1, -0.05) is 20.3 Å². The van der Waals surface area contributed by atoms with Crippen LogP contribution in [-0.2, 0) is 8.85 Å². The van der Waals surface area contributed by atoms with Gasteiger partial charge in [-0.3, -0.25) is 0 Å². The molecule has 1 saturated carbocycles. The van der Waals surface area contributed by atoms with Crippen molar-refractivity contribution in [2.45, 2.75) is 38.7 Å². The average Bonchev–Trinajstić information content (AvgIpc) is 2.00. The van der Waals surface area contributed by atoms with Gasteiger partial charge in [0.1, 0.15) is 0 Å². The van der Waals surface area contributed by atoms with Crippen molar-refractivity contribution >= 4 is 9.28 Å². The molecule has 0 aromatic carbocycles. The van der Waals surface area contributed by atoms with Crippen LogP contribution in [0.15, 0.2) is 12.3 Å². The Morgan fingerprint density at radius 3 is 2.46 bits per heavy atom. The van der Waals surface area contributed by atoms with E-state index in [1.54, 1.807) is 7.11 Å². The zero-order valence-corrected chi connectivity index (χ0v) is 9.75. The Labute approximate surface area is 82.8 Å². The Kier molecular flexibility index (Phi) is 4.52. The van der Waals surface area contributed by atoms with Crippen LogP contribution in [0.3, 0.4) is 0 Å². The van der Waals surface area contributed by atoms with Gasteiger partial charge in [-0.15, -0.1) is 0 Å². The first-order valence-corrected chi connectivity index (χ1v) is 6.37. The first kappa shape index (κ1) is 10.8. The van der Waals surface area contributed by atoms with E-state index in [0.717, 1.165) is 5.92 Å². The van der Waals surface area contributed by atoms with E-state index in [9.17, 15) is 0 Å². The van der Waals surface area contributed by atoms with Gasteiger partial charge in [-0.2, -0.15) is 0 Å². The molecule has 1 aliphatic rings. The maximum absolute atomic E-state index is 5.56. The summed E-state index contributed by atoms with van der Waals surface area (Å²) >= 11 is 0. The number of allylic oxidation sites excluding steroid dienone is 1. The molecule has 0 aromatic heterocycles. The summed E-state index contributed by atoms with van der Waals surface area (Å²) in [5.41, 5.74) is 0.501. The molecule has 0 heterocycles. The van der Waals surface area contributed by atoms with Gasteiger partial charge in [0.05, 0.1) is 6.26 Å². The van der Waals surface area contributed by atoms with Gasteiger partial charge < -0.3 is 8.85 Å². The Balaban J connectivity index is 2.17. The summed E-state index contributed by atoms with van der Waals surface area (Å²) in [5, 5.41) is 0. The summed E-state index contributed by atoms with van der Waals surface area (Å²) in [6, 6.07) is 0. The fourth-order valence-corrected chi connectivity index (χ4v) is 2.32. The Morgan fingerprint density at radius 2 is 2.08 bits per heavy atom. The van der Waals surface area contributed by atoms with E-state index in [-0.39, 0.29) is 0 Å². The Bertz CT molecular complexity index is 164. The topological polar surface area (TPSA) is 18.5 Å². The van der Waals surface area contributed by atoms with E-state index in [0.29, 0.717) is 5.54 Å². The quantitative estimate of drug-likeness (QED) is 0.501. The first-order valence-electron chi connectivity index (χ1n) is 4.98. The van der Waals surface area contributed by atoms with Crippen molar-refractivity contribution in [2.75, 3.05) is 7.11 Å². The zero-order chi connectivity index (χ0) is 9.68. The molecule has 0 spiro atoms. The minimum Gasteiger partial charge on any atom is -0.525 e. The summed E-state index contributed by atoms with van der Waals surface area (Å²) in [7, 11) is 0.660. The van der Waals surface area contributed by atoms with Crippen LogP contribution in [0.5, 0.6) is 0 Å². The molecule has 1 rings (SSSR count). The van der Waals surface area contributed by atoms with Crippen LogP contribution in [0.4, 0.5) is 0 Å². The molecule has 0 unspecified atom stereocenters. The van der Waals surface area contributed by atoms with E-state index >= 15 is 0 Å². The van der Waals surface area contributed by atoms with Gasteiger partial charge in [0.2, 0.25) is 0 Å². The molecule has 1 radical (unpaired) electrons. The van der Waals surface area contributed by atoms with Gasteiger partial charge in [-0.25, -0.2) is 0 Å². The van der Waals surface area contributed by atoms with Crippen LogP contribution in [0, 0.1) is 5.92 Å². The number of hydrogen-bond acceptors (Lipinski definition) is 2. The predicted molar refractivity (Wildman–Crippen MR) is 55.4 cm³/mol. The van der Waals surface area contributed by atoms with E-state index in [4.69, 9.17) is 8.85 Å². The summed E-state index contributed by atoms with van der Waals surface area (Å²) in [6.07, 6.45) is 8.06. The minimum atomic E-state index is -1.07. The molecular formula is C10H19O2Si. The standard InChI is InChI=1S/C10H19O2Si/c1-9(2)13(11-3)12-8-7-10-5-4-6-10/h7-10H,4-6H2,1-3H3.